The smallest absolute Gasteiger partial charge is 0.270 e. The van der Waals surface area contributed by atoms with Crippen molar-refractivity contribution >= 4 is 11.7 Å². The Morgan fingerprint density at radius 1 is 1.47 bits per heavy atom. The van der Waals surface area contributed by atoms with Gasteiger partial charge in [0, 0.05) is 25.4 Å². The summed E-state index contributed by atoms with van der Waals surface area (Å²) in [5, 5.41) is 7.14. The van der Waals surface area contributed by atoms with Gasteiger partial charge in [-0.15, -0.1) is 0 Å². The number of carbonyl (C=O) groups is 1. The zero-order valence-corrected chi connectivity index (χ0v) is 11.1. The highest BCUT2D eigenvalue weighted by Gasteiger charge is 2.10. The van der Waals surface area contributed by atoms with E-state index in [2.05, 4.69) is 15.4 Å². The van der Waals surface area contributed by atoms with Gasteiger partial charge in [0.05, 0.1) is 5.69 Å². The fourth-order valence-corrected chi connectivity index (χ4v) is 1.87. The van der Waals surface area contributed by atoms with Crippen molar-refractivity contribution in [3.05, 3.63) is 41.3 Å². The Hall–Kier alpha value is -2.37. The topological polar surface area (TPSA) is 85.8 Å². The van der Waals surface area contributed by atoms with E-state index in [1.165, 1.54) is 0 Å². The summed E-state index contributed by atoms with van der Waals surface area (Å²) in [7, 11) is 1.87. The first-order valence-corrected chi connectivity index (χ1v) is 6.12. The predicted octanol–water partition coefficient (Wildman–Crippen LogP) is 0.890. The molecule has 0 spiro atoms. The van der Waals surface area contributed by atoms with E-state index in [0.29, 0.717) is 18.1 Å². The van der Waals surface area contributed by atoms with E-state index in [-0.39, 0.29) is 5.91 Å². The van der Waals surface area contributed by atoms with Crippen LogP contribution in [0.3, 0.4) is 0 Å². The molecule has 2 rings (SSSR count). The number of nitrogens with one attached hydrogen (secondary N) is 1. The summed E-state index contributed by atoms with van der Waals surface area (Å²) in [4.78, 5) is 15.9. The van der Waals surface area contributed by atoms with Gasteiger partial charge in [-0.3, -0.25) is 9.48 Å². The van der Waals surface area contributed by atoms with Gasteiger partial charge < -0.3 is 11.1 Å². The van der Waals surface area contributed by atoms with Crippen molar-refractivity contribution in [1.82, 2.24) is 20.1 Å². The van der Waals surface area contributed by atoms with Crippen molar-refractivity contribution in [2.24, 2.45) is 7.05 Å². The fraction of sp³-hybridized carbons (Fsp3) is 0.308. The molecule has 1 amide bonds. The quantitative estimate of drug-likeness (QED) is 0.853. The number of carbonyl (C=O) groups excluding carboxylic acids is 1. The van der Waals surface area contributed by atoms with Crippen molar-refractivity contribution < 1.29 is 4.79 Å². The van der Waals surface area contributed by atoms with Crippen molar-refractivity contribution in [3.63, 3.8) is 0 Å². The maximum atomic E-state index is 11.9. The molecule has 0 atom stereocenters. The number of nitrogens with zero attached hydrogens (tertiary/aromatic N) is 3. The molecule has 0 bridgehead atoms. The normalized spacial score (nSPS) is 10.4. The second-order valence-electron chi connectivity index (χ2n) is 4.26. The Kier molecular flexibility index (Phi) is 3.79. The van der Waals surface area contributed by atoms with Crippen LogP contribution in [0.4, 0.5) is 5.82 Å². The van der Waals surface area contributed by atoms with Gasteiger partial charge in [-0.05, 0) is 18.6 Å². The van der Waals surface area contributed by atoms with E-state index < -0.39 is 0 Å². The Morgan fingerprint density at radius 2 is 2.26 bits per heavy atom. The number of amides is 1. The van der Waals surface area contributed by atoms with E-state index in [1.807, 2.05) is 20.2 Å². The molecular weight excluding hydrogens is 242 g/mol. The summed E-state index contributed by atoms with van der Waals surface area (Å²) in [6.07, 6.45) is 2.74. The number of nitrogens with two attached hydrogens (primary N) is 1. The number of aryl methyl sites for hydroxylation is 2. The number of aromatic nitrogens is 3. The molecule has 0 radical (unpaired) electrons. The molecule has 0 saturated heterocycles. The van der Waals surface area contributed by atoms with Gasteiger partial charge in [-0.2, -0.15) is 5.10 Å². The number of rotatable bonds is 4. The van der Waals surface area contributed by atoms with E-state index in [0.717, 1.165) is 17.7 Å². The Bertz CT molecular complexity index is 590. The van der Waals surface area contributed by atoms with Gasteiger partial charge in [0.25, 0.3) is 5.91 Å². The standard InChI is InChI=1S/C13H17N5O/c1-3-10-9(8-18(2)17-10)7-15-13(19)11-5-4-6-12(14)16-11/h4-6,8H,3,7H2,1-2H3,(H2,14,16)(H,15,19). The third-order valence-corrected chi connectivity index (χ3v) is 2.77. The highest BCUT2D eigenvalue weighted by atomic mass is 16.1. The van der Waals surface area contributed by atoms with Crippen molar-refractivity contribution in [2.75, 3.05) is 5.73 Å². The van der Waals surface area contributed by atoms with Crippen LogP contribution in [0.1, 0.15) is 28.7 Å². The van der Waals surface area contributed by atoms with E-state index in [9.17, 15) is 4.79 Å². The predicted molar refractivity (Wildman–Crippen MR) is 72.4 cm³/mol. The number of pyridine rings is 1. The minimum atomic E-state index is -0.238. The molecule has 100 valence electrons. The van der Waals surface area contributed by atoms with Crippen molar-refractivity contribution in [2.45, 2.75) is 19.9 Å². The largest absolute Gasteiger partial charge is 0.384 e. The molecule has 2 aromatic heterocycles. The van der Waals surface area contributed by atoms with E-state index in [1.54, 1.807) is 22.9 Å². The second kappa shape index (κ2) is 5.51. The first-order valence-electron chi connectivity index (χ1n) is 6.12. The van der Waals surface area contributed by atoms with Gasteiger partial charge >= 0.3 is 0 Å². The lowest BCUT2D eigenvalue weighted by molar-refractivity contribution is 0.0946. The lowest BCUT2D eigenvalue weighted by Crippen LogP contribution is -2.24. The van der Waals surface area contributed by atoms with Crippen LogP contribution in [-0.2, 0) is 20.0 Å². The lowest BCUT2D eigenvalue weighted by Gasteiger charge is -2.04. The molecule has 19 heavy (non-hydrogen) atoms. The Balaban J connectivity index is 2.04. The van der Waals surface area contributed by atoms with E-state index in [4.69, 9.17) is 5.73 Å². The van der Waals surface area contributed by atoms with Crippen LogP contribution in [-0.4, -0.2) is 20.7 Å². The van der Waals surface area contributed by atoms with Crippen LogP contribution in [0.25, 0.3) is 0 Å². The number of anilines is 1. The molecule has 2 heterocycles. The van der Waals surface area contributed by atoms with Gasteiger partial charge in [0.1, 0.15) is 11.5 Å². The van der Waals surface area contributed by atoms with Crippen LogP contribution >= 0.6 is 0 Å². The average Bonchev–Trinajstić information content (AvgIpc) is 2.76. The minimum Gasteiger partial charge on any atom is -0.384 e. The highest BCUT2D eigenvalue weighted by Crippen LogP contribution is 2.07. The average molecular weight is 259 g/mol. The SMILES string of the molecule is CCc1nn(C)cc1CNC(=O)c1cccc(N)n1. The summed E-state index contributed by atoms with van der Waals surface area (Å²) in [5.74, 6) is 0.0986. The number of nitrogen functional groups attached to an aromatic ring is 1. The van der Waals surface area contributed by atoms with E-state index >= 15 is 0 Å². The van der Waals surface area contributed by atoms with Crippen LogP contribution < -0.4 is 11.1 Å². The third-order valence-electron chi connectivity index (χ3n) is 2.77. The summed E-state index contributed by atoms with van der Waals surface area (Å²) in [5.41, 5.74) is 7.87. The molecule has 2 aromatic rings. The van der Waals surface area contributed by atoms with Crippen LogP contribution in [0.5, 0.6) is 0 Å². The molecule has 0 aliphatic heterocycles. The molecule has 0 unspecified atom stereocenters. The molecular formula is C13H17N5O. The van der Waals surface area contributed by atoms with Crippen LogP contribution in [0.2, 0.25) is 0 Å². The zero-order chi connectivity index (χ0) is 13.8. The Morgan fingerprint density at radius 3 is 2.95 bits per heavy atom. The van der Waals surface area contributed by atoms with Gasteiger partial charge in [0.2, 0.25) is 0 Å². The zero-order valence-electron chi connectivity index (χ0n) is 11.1. The molecule has 0 fully saturated rings. The first-order chi connectivity index (χ1) is 9.10. The highest BCUT2D eigenvalue weighted by molar-refractivity contribution is 5.92. The third kappa shape index (κ3) is 3.09. The molecule has 0 aromatic carbocycles. The second-order valence-corrected chi connectivity index (χ2v) is 4.26. The van der Waals surface area contributed by atoms with Crippen LogP contribution in [0, 0.1) is 0 Å². The van der Waals surface area contributed by atoms with Crippen molar-refractivity contribution in [3.8, 4) is 0 Å². The van der Waals surface area contributed by atoms with Crippen molar-refractivity contribution in [1.29, 1.82) is 0 Å². The molecule has 0 saturated carbocycles. The van der Waals surface area contributed by atoms with Gasteiger partial charge in [-0.1, -0.05) is 13.0 Å². The van der Waals surface area contributed by atoms with Crippen LogP contribution in [0.15, 0.2) is 24.4 Å². The first kappa shape index (κ1) is 13.1. The maximum absolute atomic E-state index is 11.9. The molecule has 6 nitrogen and oxygen atoms in total. The Labute approximate surface area is 111 Å². The van der Waals surface area contributed by atoms with Gasteiger partial charge in [-0.25, -0.2) is 4.98 Å². The molecule has 6 heteroatoms. The minimum absolute atomic E-state index is 0.238. The molecule has 0 aliphatic carbocycles. The number of hydrogen-bond donors (Lipinski definition) is 2. The summed E-state index contributed by atoms with van der Waals surface area (Å²) in [6, 6.07) is 4.99. The summed E-state index contributed by atoms with van der Waals surface area (Å²) in [6.45, 7) is 2.47. The fourth-order valence-electron chi connectivity index (χ4n) is 1.87. The monoisotopic (exact) mass is 259 g/mol. The molecule has 3 N–H and O–H groups in total. The lowest BCUT2D eigenvalue weighted by atomic mass is 10.2. The number of hydrogen-bond acceptors (Lipinski definition) is 4. The molecule has 0 aliphatic rings. The summed E-state index contributed by atoms with van der Waals surface area (Å²) < 4.78 is 1.75. The van der Waals surface area contributed by atoms with Gasteiger partial charge in [0.15, 0.2) is 0 Å². The maximum Gasteiger partial charge on any atom is 0.270 e. The summed E-state index contributed by atoms with van der Waals surface area (Å²) >= 11 is 0.